The number of allylic oxidation sites excluding steroid dienone is 1. The van der Waals surface area contributed by atoms with E-state index in [9.17, 15) is 19.8 Å². The summed E-state index contributed by atoms with van der Waals surface area (Å²) in [5.41, 5.74) is 15.7. The highest BCUT2D eigenvalue weighted by molar-refractivity contribution is 6.07. The van der Waals surface area contributed by atoms with Crippen LogP contribution in [-0.4, -0.2) is 73.3 Å². The molecule has 6 N–H and O–H groups in total. The van der Waals surface area contributed by atoms with Gasteiger partial charge in [-0.1, -0.05) is 0 Å². The van der Waals surface area contributed by atoms with Gasteiger partial charge in [0.05, 0.1) is 36.3 Å². The molecule has 0 unspecified atom stereocenters. The Balaban J connectivity index is 0.970. The first-order valence-electron chi connectivity index (χ1n) is 18.0. The minimum atomic E-state index is -1.26. The summed E-state index contributed by atoms with van der Waals surface area (Å²) in [4.78, 5) is 42.4. The molecule has 7 heterocycles. The number of nitrogen functional groups attached to an aromatic ring is 2. The number of ether oxygens (including phenoxy) is 3. The molecule has 1 saturated heterocycles. The zero-order valence-electron chi connectivity index (χ0n) is 30.3. The molecule has 0 aliphatic carbocycles. The van der Waals surface area contributed by atoms with Crippen LogP contribution in [0.2, 0.25) is 0 Å². The second kappa shape index (κ2) is 13.3. The molecule has 0 bridgehead atoms. The number of phenols is 1. The fraction of sp³-hybridized carbons (Fsp3) is 0.375. The van der Waals surface area contributed by atoms with Crippen molar-refractivity contribution in [2.45, 2.75) is 82.8 Å². The van der Waals surface area contributed by atoms with Crippen molar-refractivity contribution in [3.05, 3.63) is 93.3 Å². The van der Waals surface area contributed by atoms with Gasteiger partial charge in [-0.25, -0.2) is 14.8 Å². The van der Waals surface area contributed by atoms with Gasteiger partial charge in [-0.2, -0.15) is 0 Å². The molecule has 0 spiro atoms. The van der Waals surface area contributed by atoms with Crippen molar-refractivity contribution in [1.82, 2.24) is 14.9 Å². The molecular weight excluding hydrogens is 692 g/mol. The number of pyridine rings is 2. The van der Waals surface area contributed by atoms with E-state index in [4.69, 9.17) is 30.1 Å². The van der Waals surface area contributed by atoms with Gasteiger partial charge in [0.2, 0.25) is 0 Å². The van der Waals surface area contributed by atoms with Crippen LogP contribution in [0.5, 0.6) is 11.5 Å². The molecule has 4 aliphatic heterocycles. The van der Waals surface area contributed by atoms with Crippen molar-refractivity contribution in [2.24, 2.45) is 4.99 Å². The van der Waals surface area contributed by atoms with Crippen LogP contribution in [0, 0.1) is 6.92 Å². The first-order chi connectivity index (χ1) is 25.8. The Hall–Kier alpha value is -5.73. The summed E-state index contributed by atoms with van der Waals surface area (Å²) in [6.07, 6.45) is 6.26. The molecule has 280 valence electrons. The van der Waals surface area contributed by atoms with E-state index in [2.05, 4.69) is 26.1 Å². The number of aromatic nitrogens is 2. The van der Waals surface area contributed by atoms with Crippen molar-refractivity contribution >= 4 is 34.3 Å². The molecule has 3 aromatic heterocycles. The largest absolute Gasteiger partial charge is 0.507 e. The fourth-order valence-electron chi connectivity index (χ4n) is 7.69. The number of nitrogens with zero attached hydrogens (tertiary/aromatic N) is 4. The number of carbonyl (C=O) groups is 1. The van der Waals surface area contributed by atoms with Crippen molar-refractivity contribution in [3.8, 4) is 22.8 Å². The number of esters is 1. The lowest BCUT2D eigenvalue weighted by Crippen LogP contribution is -2.50. The predicted molar refractivity (Wildman–Crippen MR) is 201 cm³/mol. The van der Waals surface area contributed by atoms with E-state index in [0.717, 1.165) is 28.1 Å². The van der Waals surface area contributed by atoms with Crippen LogP contribution in [0.25, 0.3) is 22.2 Å². The van der Waals surface area contributed by atoms with E-state index in [1.807, 2.05) is 18.2 Å². The maximum absolute atomic E-state index is 14.0. The van der Waals surface area contributed by atoms with E-state index < -0.39 is 29.4 Å². The van der Waals surface area contributed by atoms with E-state index >= 15 is 0 Å². The number of aliphatic imine (C=N–C) groups is 1. The Morgan fingerprint density at radius 2 is 1.93 bits per heavy atom. The highest BCUT2D eigenvalue weighted by atomic mass is 16.7. The lowest BCUT2D eigenvalue weighted by atomic mass is 9.89. The second-order valence-electron chi connectivity index (χ2n) is 14.9. The SMILES string of the molecule is Cc1cc(=O)c2c(O)c3c(cc2o1)OC(C)(C)[C@H](OC(=O)[C@]1(CCCO)O[C@@H]1CCc1cc(N)nc(-c2cc(N)nc(CN4C=C5C=CN=C5C4)c2)c1)C3. The third-order valence-corrected chi connectivity index (χ3v) is 10.5. The molecule has 0 saturated carbocycles. The zero-order valence-corrected chi connectivity index (χ0v) is 30.3. The lowest BCUT2D eigenvalue weighted by Gasteiger charge is -2.39. The minimum absolute atomic E-state index is 0.0426. The monoisotopic (exact) mass is 734 g/mol. The molecule has 14 heteroatoms. The molecular formula is C40H42N6O8. The number of anilines is 2. The van der Waals surface area contributed by atoms with Crippen LogP contribution in [0.3, 0.4) is 0 Å². The Morgan fingerprint density at radius 1 is 1.11 bits per heavy atom. The summed E-state index contributed by atoms with van der Waals surface area (Å²) in [6, 6.07) is 10.4. The standard InChI is InChI=1S/C40H42N6O8/c1-21-11-29(48)36-31(51-21)17-30-26(37(36)49)16-33(39(2,3)53-30)52-38(50)40(8-4-10-47)32(54-40)6-5-22-12-27(45-34(41)13-22)24-14-25(44-35(42)15-24)19-46-18-23-7-9-43-28(23)20-46/h7,9,11-15,17-18,32-33,47,49H,4-6,8,10,16,19-20H2,1-3H3,(H2,41,45)(H2,42,44)/t32-,33-,40-/m1/s1. The van der Waals surface area contributed by atoms with Gasteiger partial charge in [-0.15, -0.1) is 0 Å². The highest BCUT2D eigenvalue weighted by Gasteiger charge is 2.63. The molecule has 4 aliphatic rings. The van der Waals surface area contributed by atoms with Crippen molar-refractivity contribution in [3.63, 3.8) is 0 Å². The molecule has 0 amide bonds. The van der Waals surface area contributed by atoms with Crippen LogP contribution in [-0.2, 0) is 33.7 Å². The number of carbonyl (C=O) groups excluding carboxylic acids is 1. The number of fused-ring (bicyclic) bond motifs is 3. The van der Waals surface area contributed by atoms with E-state index in [1.165, 1.54) is 6.07 Å². The summed E-state index contributed by atoms with van der Waals surface area (Å²) in [5.74, 6) is 0.635. The van der Waals surface area contributed by atoms with Gasteiger partial charge >= 0.3 is 5.97 Å². The number of rotatable bonds is 11. The quantitative estimate of drug-likeness (QED) is 0.125. The second-order valence-corrected chi connectivity index (χ2v) is 14.9. The first kappa shape index (κ1) is 35.3. The molecule has 4 aromatic rings. The lowest BCUT2D eigenvalue weighted by molar-refractivity contribution is -0.168. The number of aromatic hydroxyl groups is 1. The number of hydrogen-bond acceptors (Lipinski definition) is 14. The maximum Gasteiger partial charge on any atom is 0.341 e. The number of phenolic OH excluding ortho intramolecular Hbond substituents is 1. The number of aliphatic hydroxyl groups excluding tert-OH is 1. The number of aliphatic hydroxyl groups is 1. The van der Waals surface area contributed by atoms with Crippen LogP contribution in [0.1, 0.15) is 55.7 Å². The minimum Gasteiger partial charge on any atom is -0.507 e. The molecule has 8 rings (SSSR count). The summed E-state index contributed by atoms with van der Waals surface area (Å²) in [7, 11) is 0. The Bertz CT molecular complexity index is 2350. The average Bonchev–Trinajstić information content (AvgIpc) is 3.42. The van der Waals surface area contributed by atoms with E-state index in [-0.39, 0.29) is 41.6 Å². The van der Waals surface area contributed by atoms with E-state index in [1.54, 1.807) is 45.2 Å². The molecule has 1 aromatic carbocycles. The molecule has 54 heavy (non-hydrogen) atoms. The van der Waals surface area contributed by atoms with Crippen molar-refractivity contribution < 1.29 is 33.6 Å². The summed E-state index contributed by atoms with van der Waals surface area (Å²) in [6.45, 7) is 6.37. The van der Waals surface area contributed by atoms with Crippen molar-refractivity contribution in [1.29, 1.82) is 0 Å². The summed E-state index contributed by atoms with van der Waals surface area (Å²) < 4.78 is 24.2. The van der Waals surface area contributed by atoms with E-state index in [0.29, 0.717) is 66.8 Å². The fourth-order valence-corrected chi connectivity index (χ4v) is 7.69. The first-order valence-corrected chi connectivity index (χ1v) is 18.0. The number of hydrogen-bond donors (Lipinski definition) is 4. The Morgan fingerprint density at radius 3 is 2.72 bits per heavy atom. The molecule has 14 nitrogen and oxygen atoms in total. The Kier molecular flexibility index (Phi) is 8.69. The van der Waals surface area contributed by atoms with Gasteiger partial charge in [0.1, 0.15) is 51.6 Å². The number of aryl methyl sites for hydroxylation is 2. The number of benzene rings is 1. The van der Waals surface area contributed by atoms with Gasteiger partial charge in [0, 0.05) is 54.3 Å². The molecule has 3 atom stereocenters. The van der Waals surface area contributed by atoms with Crippen LogP contribution in [0.15, 0.2) is 74.7 Å². The van der Waals surface area contributed by atoms with Gasteiger partial charge in [0.25, 0.3) is 0 Å². The molecule has 1 fully saturated rings. The van der Waals surface area contributed by atoms with Crippen LogP contribution < -0.4 is 21.6 Å². The smallest absolute Gasteiger partial charge is 0.341 e. The van der Waals surface area contributed by atoms with Gasteiger partial charge in [-0.3, -0.25) is 9.79 Å². The average molecular weight is 735 g/mol. The van der Waals surface area contributed by atoms with Crippen LogP contribution in [0.4, 0.5) is 11.6 Å². The third kappa shape index (κ3) is 6.56. The van der Waals surface area contributed by atoms with Crippen LogP contribution >= 0.6 is 0 Å². The highest BCUT2D eigenvalue weighted by Crippen LogP contribution is 2.47. The number of nitrogens with two attached hydrogens (primary N) is 2. The predicted octanol–water partition coefficient (Wildman–Crippen LogP) is 4.26. The topological polar surface area (TPSA) is 212 Å². The third-order valence-electron chi connectivity index (χ3n) is 10.5. The van der Waals surface area contributed by atoms with Crippen molar-refractivity contribution in [2.75, 3.05) is 24.6 Å². The number of epoxide rings is 1. The summed E-state index contributed by atoms with van der Waals surface area (Å²) >= 11 is 0. The van der Waals surface area contributed by atoms with Gasteiger partial charge in [0.15, 0.2) is 11.0 Å². The maximum atomic E-state index is 14.0. The van der Waals surface area contributed by atoms with Gasteiger partial charge < -0.3 is 45.2 Å². The molecule has 0 radical (unpaired) electrons. The normalized spacial score (nSPS) is 22.0. The van der Waals surface area contributed by atoms with Gasteiger partial charge in [-0.05, 0) is 82.4 Å². The Labute approximate surface area is 310 Å². The zero-order chi connectivity index (χ0) is 37.9. The summed E-state index contributed by atoms with van der Waals surface area (Å²) in [5, 5.41) is 20.9.